The maximum absolute atomic E-state index is 12.0. The number of nitrogens with zero attached hydrogens (tertiary/aromatic N) is 1. The van der Waals surface area contributed by atoms with Crippen molar-refractivity contribution in [3.63, 3.8) is 0 Å². The van der Waals surface area contributed by atoms with Crippen LogP contribution in [0, 0.1) is 0 Å². The first-order chi connectivity index (χ1) is 8.11. The van der Waals surface area contributed by atoms with Gasteiger partial charge < -0.3 is 20.3 Å². The minimum absolute atomic E-state index is 0.0354. The van der Waals surface area contributed by atoms with Gasteiger partial charge in [-0.2, -0.15) is 0 Å². The Kier molecular flexibility index (Phi) is 3.89. The molecule has 2 N–H and O–H groups in total. The number of ether oxygens (including phenoxy) is 1. The van der Waals surface area contributed by atoms with Crippen LogP contribution in [-0.2, 0) is 4.74 Å². The minimum Gasteiger partial charge on any atom is -0.370 e. The third kappa shape index (κ3) is 3.10. The van der Waals surface area contributed by atoms with Crippen molar-refractivity contribution in [2.75, 3.05) is 32.8 Å². The van der Waals surface area contributed by atoms with Gasteiger partial charge in [0.15, 0.2) is 0 Å². The van der Waals surface area contributed by atoms with Gasteiger partial charge in [0.25, 0.3) is 0 Å². The minimum atomic E-state index is -0.148. The fraction of sp³-hybridized carbons (Fsp3) is 0.917. The predicted octanol–water partition coefficient (Wildman–Crippen LogP) is 0.559. The molecule has 5 heteroatoms. The number of hydrogen-bond acceptors (Lipinski definition) is 3. The summed E-state index contributed by atoms with van der Waals surface area (Å²) in [6.07, 6.45) is 2.17. The van der Waals surface area contributed by atoms with E-state index in [0.29, 0.717) is 19.7 Å². The van der Waals surface area contributed by atoms with Gasteiger partial charge in [0.2, 0.25) is 0 Å². The summed E-state index contributed by atoms with van der Waals surface area (Å²) in [5.41, 5.74) is -0.148. The van der Waals surface area contributed by atoms with Gasteiger partial charge in [0, 0.05) is 19.1 Å². The molecule has 2 aliphatic heterocycles. The fourth-order valence-electron chi connectivity index (χ4n) is 2.55. The van der Waals surface area contributed by atoms with E-state index in [4.69, 9.17) is 4.74 Å². The van der Waals surface area contributed by atoms with Crippen molar-refractivity contribution in [2.24, 2.45) is 0 Å². The van der Waals surface area contributed by atoms with E-state index in [0.717, 1.165) is 25.9 Å². The summed E-state index contributed by atoms with van der Waals surface area (Å²) in [4.78, 5) is 13.9. The molecular weight excluding hydrogens is 218 g/mol. The topological polar surface area (TPSA) is 53.6 Å². The van der Waals surface area contributed by atoms with Gasteiger partial charge in [-0.05, 0) is 33.2 Å². The van der Waals surface area contributed by atoms with E-state index < -0.39 is 0 Å². The molecule has 98 valence electrons. The number of hydrogen-bond donors (Lipinski definition) is 2. The van der Waals surface area contributed by atoms with Gasteiger partial charge in [0.05, 0.1) is 18.8 Å². The zero-order valence-corrected chi connectivity index (χ0v) is 10.8. The molecule has 0 aromatic heterocycles. The molecule has 0 saturated carbocycles. The molecule has 1 spiro atoms. The average molecular weight is 241 g/mol. The summed E-state index contributed by atoms with van der Waals surface area (Å²) < 4.78 is 5.91. The lowest BCUT2D eigenvalue weighted by atomic mass is 9.92. The maximum atomic E-state index is 12.0. The second kappa shape index (κ2) is 5.23. The third-order valence-corrected chi connectivity index (χ3v) is 3.38. The molecule has 0 aromatic carbocycles. The van der Waals surface area contributed by atoms with Crippen LogP contribution in [0.4, 0.5) is 4.79 Å². The van der Waals surface area contributed by atoms with Crippen LogP contribution in [0.1, 0.15) is 26.7 Å². The Morgan fingerprint density at radius 2 is 2.35 bits per heavy atom. The first-order valence-electron chi connectivity index (χ1n) is 6.51. The highest BCUT2D eigenvalue weighted by Crippen LogP contribution is 2.25. The van der Waals surface area contributed by atoms with Gasteiger partial charge in [-0.25, -0.2) is 4.79 Å². The molecule has 2 fully saturated rings. The van der Waals surface area contributed by atoms with E-state index in [-0.39, 0.29) is 17.7 Å². The number of morpholine rings is 1. The molecule has 0 bridgehead atoms. The molecule has 0 radical (unpaired) electrons. The average Bonchev–Trinajstić information content (AvgIpc) is 2.29. The highest BCUT2D eigenvalue weighted by atomic mass is 16.5. The Balaban J connectivity index is 1.94. The quantitative estimate of drug-likeness (QED) is 0.705. The van der Waals surface area contributed by atoms with E-state index in [9.17, 15) is 4.79 Å². The molecule has 2 aliphatic rings. The van der Waals surface area contributed by atoms with Gasteiger partial charge in [0.1, 0.15) is 0 Å². The Hall–Kier alpha value is -0.810. The molecule has 2 amide bonds. The molecule has 2 saturated heterocycles. The van der Waals surface area contributed by atoms with E-state index in [1.165, 1.54) is 0 Å². The Morgan fingerprint density at radius 3 is 3.00 bits per heavy atom. The number of piperidine rings is 1. The van der Waals surface area contributed by atoms with E-state index in [1.54, 1.807) is 0 Å². The summed E-state index contributed by atoms with van der Waals surface area (Å²) >= 11 is 0. The van der Waals surface area contributed by atoms with E-state index >= 15 is 0 Å². The molecule has 17 heavy (non-hydrogen) atoms. The summed E-state index contributed by atoms with van der Waals surface area (Å²) in [6, 6.07) is 0.221. The predicted molar refractivity (Wildman–Crippen MR) is 66.0 cm³/mol. The molecule has 5 nitrogen and oxygen atoms in total. The zero-order valence-electron chi connectivity index (χ0n) is 10.8. The highest BCUT2D eigenvalue weighted by molar-refractivity contribution is 5.74. The van der Waals surface area contributed by atoms with E-state index in [2.05, 4.69) is 10.6 Å². The van der Waals surface area contributed by atoms with Crippen molar-refractivity contribution in [1.29, 1.82) is 0 Å². The molecule has 0 unspecified atom stereocenters. The summed E-state index contributed by atoms with van der Waals surface area (Å²) in [7, 11) is 0. The van der Waals surface area contributed by atoms with Gasteiger partial charge in [-0.1, -0.05) is 0 Å². The lowest BCUT2D eigenvalue weighted by molar-refractivity contribution is -0.108. The van der Waals surface area contributed by atoms with Crippen molar-refractivity contribution in [2.45, 2.75) is 38.3 Å². The van der Waals surface area contributed by atoms with Crippen molar-refractivity contribution >= 4 is 6.03 Å². The van der Waals surface area contributed by atoms with E-state index in [1.807, 2.05) is 18.7 Å². The second-order valence-corrected chi connectivity index (χ2v) is 5.34. The lowest BCUT2D eigenvalue weighted by Gasteiger charge is -2.45. The van der Waals surface area contributed by atoms with Crippen molar-refractivity contribution in [3.05, 3.63) is 0 Å². The van der Waals surface area contributed by atoms with Gasteiger partial charge in [-0.15, -0.1) is 0 Å². The van der Waals surface area contributed by atoms with Crippen LogP contribution in [-0.4, -0.2) is 55.4 Å². The largest absolute Gasteiger partial charge is 0.370 e. The molecular formula is C12H23N3O2. The van der Waals surface area contributed by atoms with Crippen molar-refractivity contribution < 1.29 is 9.53 Å². The van der Waals surface area contributed by atoms with Crippen LogP contribution in [0.2, 0.25) is 0 Å². The number of nitrogens with one attached hydrogen (secondary N) is 2. The van der Waals surface area contributed by atoms with Crippen LogP contribution in [0.15, 0.2) is 0 Å². The lowest BCUT2D eigenvalue weighted by Crippen LogP contribution is -2.61. The molecule has 0 aromatic rings. The van der Waals surface area contributed by atoms with Gasteiger partial charge in [-0.3, -0.25) is 0 Å². The Bertz CT molecular complexity index is 269. The smallest absolute Gasteiger partial charge is 0.317 e. The van der Waals surface area contributed by atoms with Crippen LogP contribution in [0.5, 0.6) is 0 Å². The number of amides is 2. The van der Waals surface area contributed by atoms with Gasteiger partial charge >= 0.3 is 6.03 Å². The SMILES string of the molecule is CC(C)NC(=O)N1CCO[C@@]2(CCCNC2)C1. The monoisotopic (exact) mass is 241 g/mol. The fourth-order valence-corrected chi connectivity index (χ4v) is 2.55. The number of urea groups is 1. The first kappa shape index (κ1) is 12.6. The molecule has 2 rings (SSSR count). The third-order valence-electron chi connectivity index (χ3n) is 3.38. The van der Waals surface area contributed by atoms with Crippen molar-refractivity contribution in [1.82, 2.24) is 15.5 Å². The molecule has 0 aliphatic carbocycles. The normalized spacial score (nSPS) is 29.7. The number of rotatable bonds is 1. The molecule has 2 heterocycles. The number of carbonyl (C=O) groups is 1. The number of carbonyl (C=O) groups excluding carboxylic acids is 1. The van der Waals surface area contributed by atoms with Crippen LogP contribution in [0.25, 0.3) is 0 Å². The zero-order chi connectivity index (χ0) is 12.3. The second-order valence-electron chi connectivity index (χ2n) is 5.34. The van der Waals surface area contributed by atoms with Crippen molar-refractivity contribution in [3.8, 4) is 0 Å². The Labute approximate surface area is 103 Å². The maximum Gasteiger partial charge on any atom is 0.317 e. The first-order valence-corrected chi connectivity index (χ1v) is 6.51. The summed E-state index contributed by atoms with van der Waals surface area (Å²) in [6.45, 7) is 7.93. The standard InChI is InChI=1S/C12H23N3O2/c1-10(2)14-11(16)15-6-7-17-12(9-15)4-3-5-13-8-12/h10,13H,3-9H2,1-2H3,(H,14,16)/t12-/m1/s1. The van der Waals surface area contributed by atoms with Crippen LogP contribution in [0.3, 0.4) is 0 Å². The summed E-state index contributed by atoms with van der Waals surface area (Å²) in [5, 5.41) is 6.31. The highest BCUT2D eigenvalue weighted by Gasteiger charge is 2.39. The summed E-state index contributed by atoms with van der Waals surface area (Å²) in [5.74, 6) is 0. The van der Waals surface area contributed by atoms with Crippen LogP contribution >= 0.6 is 0 Å². The molecule has 1 atom stereocenters. The van der Waals surface area contributed by atoms with Crippen LogP contribution < -0.4 is 10.6 Å². The Morgan fingerprint density at radius 1 is 1.53 bits per heavy atom.